The van der Waals surface area contributed by atoms with Gasteiger partial charge in [-0.2, -0.15) is 0 Å². The quantitative estimate of drug-likeness (QED) is 0.659. The van der Waals surface area contributed by atoms with Gasteiger partial charge in [0.15, 0.2) is 0 Å². The fourth-order valence-electron chi connectivity index (χ4n) is 1.80. The van der Waals surface area contributed by atoms with Crippen LogP contribution in [0.25, 0.3) is 0 Å². The maximum atomic E-state index is 11.9. The van der Waals surface area contributed by atoms with Crippen molar-refractivity contribution in [1.82, 2.24) is 15.1 Å². The van der Waals surface area contributed by atoms with E-state index in [-0.39, 0.29) is 18.5 Å². The van der Waals surface area contributed by atoms with Gasteiger partial charge in [-0.1, -0.05) is 27.7 Å². The molecule has 2 amide bonds. The molecule has 0 saturated carbocycles. The van der Waals surface area contributed by atoms with Gasteiger partial charge in [0.1, 0.15) is 6.54 Å². The zero-order valence-electron chi connectivity index (χ0n) is 12.5. The molecule has 0 spiro atoms. The molecule has 0 aromatic carbocycles. The van der Waals surface area contributed by atoms with Crippen LogP contribution in [0.3, 0.4) is 0 Å². The van der Waals surface area contributed by atoms with E-state index in [1.54, 1.807) is 0 Å². The Bertz CT molecular complexity index is 278. The molecule has 0 rings (SSSR count). The molecule has 0 fully saturated rings. The number of rotatable bonds is 9. The fourth-order valence-corrected chi connectivity index (χ4v) is 1.80. The predicted molar refractivity (Wildman–Crippen MR) is 75.2 cm³/mol. The highest BCUT2D eigenvalue weighted by Gasteiger charge is 2.17. The van der Waals surface area contributed by atoms with E-state index in [0.717, 1.165) is 19.6 Å². The zero-order valence-corrected chi connectivity index (χ0v) is 12.5. The van der Waals surface area contributed by atoms with Crippen molar-refractivity contribution in [2.45, 2.75) is 27.7 Å². The minimum Gasteiger partial charge on any atom is -0.480 e. The monoisotopic (exact) mass is 273 g/mol. The van der Waals surface area contributed by atoms with Gasteiger partial charge in [-0.05, 0) is 19.0 Å². The number of urea groups is 1. The van der Waals surface area contributed by atoms with Crippen LogP contribution in [0.5, 0.6) is 0 Å². The third-order valence-electron chi connectivity index (χ3n) is 2.80. The molecule has 0 saturated heterocycles. The first kappa shape index (κ1) is 17.7. The molecule has 0 aliphatic heterocycles. The number of likely N-dealkylation sites (N-methyl/N-ethyl adjacent to an activating group) is 1. The van der Waals surface area contributed by atoms with Gasteiger partial charge in [0, 0.05) is 19.6 Å². The predicted octanol–water partition coefficient (Wildman–Crippen LogP) is 1.08. The summed E-state index contributed by atoms with van der Waals surface area (Å²) in [6.07, 6.45) is 0. The van der Waals surface area contributed by atoms with E-state index in [2.05, 4.69) is 24.1 Å². The maximum Gasteiger partial charge on any atom is 0.323 e. The first-order chi connectivity index (χ1) is 8.90. The van der Waals surface area contributed by atoms with E-state index in [1.807, 2.05) is 13.8 Å². The lowest BCUT2D eigenvalue weighted by Crippen LogP contribution is -2.46. The van der Waals surface area contributed by atoms with Crippen molar-refractivity contribution in [2.75, 3.05) is 39.3 Å². The smallest absolute Gasteiger partial charge is 0.323 e. The Hall–Kier alpha value is -1.30. The second-order valence-electron chi connectivity index (χ2n) is 4.93. The number of amides is 2. The average Bonchev–Trinajstić information content (AvgIpc) is 2.32. The minimum atomic E-state index is -0.987. The molecule has 0 unspecified atom stereocenters. The van der Waals surface area contributed by atoms with Gasteiger partial charge in [-0.25, -0.2) is 4.79 Å². The number of hydrogen-bond acceptors (Lipinski definition) is 3. The van der Waals surface area contributed by atoms with Crippen LogP contribution in [0.1, 0.15) is 27.7 Å². The molecule has 6 nitrogen and oxygen atoms in total. The van der Waals surface area contributed by atoms with E-state index >= 15 is 0 Å². The molecule has 0 aliphatic carbocycles. The number of hydrogen-bond donors (Lipinski definition) is 2. The number of carboxylic acids is 1. The van der Waals surface area contributed by atoms with Gasteiger partial charge in [-0.15, -0.1) is 0 Å². The summed E-state index contributed by atoms with van der Waals surface area (Å²) in [5.74, 6) is -0.743. The topological polar surface area (TPSA) is 72.9 Å². The molecule has 0 aliphatic rings. The SMILES string of the molecule is CCN(CC)CCNC(=O)N(CC(=O)O)CC(C)C. The molecule has 6 heteroatoms. The highest BCUT2D eigenvalue weighted by atomic mass is 16.4. The van der Waals surface area contributed by atoms with E-state index in [9.17, 15) is 9.59 Å². The van der Waals surface area contributed by atoms with Gasteiger partial charge in [0.05, 0.1) is 0 Å². The Morgan fingerprint density at radius 3 is 2.21 bits per heavy atom. The normalized spacial score (nSPS) is 10.8. The van der Waals surface area contributed by atoms with Crippen LogP contribution in [0.2, 0.25) is 0 Å². The molecule has 0 atom stereocenters. The summed E-state index contributed by atoms with van der Waals surface area (Å²) in [5, 5.41) is 11.6. The lowest BCUT2D eigenvalue weighted by atomic mass is 10.2. The van der Waals surface area contributed by atoms with Crippen molar-refractivity contribution < 1.29 is 14.7 Å². The zero-order chi connectivity index (χ0) is 14.8. The third kappa shape index (κ3) is 8.42. The third-order valence-corrected chi connectivity index (χ3v) is 2.80. The molecule has 2 N–H and O–H groups in total. The Kier molecular flexibility index (Phi) is 8.95. The first-order valence-electron chi connectivity index (χ1n) is 6.87. The van der Waals surface area contributed by atoms with Crippen molar-refractivity contribution in [3.63, 3.8) is 0 Å². The van der Waals surface area contributed by atoms with Gasteiger partial charge in [-0.3, -0.25) is 4.79 Å². The number of nitrogens with zero attached hydrogens (tertiary/aromatic N) is 2. The maximum absolute atomic E-state index is 11.9. The van der Waals surface area contributed by atoms with Gasteiger partial charge >= 0.3 is 12.0 Å². The van der Waals surface area contributed by atoms with Crippen LogP contribution in [-0.4, -0.2) is 66.2 Å². The number of nitrogens with one attached hydrogen (secondary N) is 1. The van der Waals surface area contributed by atoms with E-state index in [4.69, 9.17) is 5.11 Å². The highest BCUT2D eigenvalue weighted by Crippen LogP contribution is 1.99. The second kappa shape index (κ2) is 9.61. The molecule has 0 aromatic heterocycles. The first-order valence-corrected chi connectivity index (χ1v) is 6.87. The summed E-state index contributed by atoms with van der Waals surface area (Å²) in [5.41, 5.74) is 0. The van der Waals surface area contributed by atoms with Crippen LogP contribution in [0, 0.1) is 5.92 Å². The Morgan fingerprint density at radius 1 is 1.21 bits per heavy atom. The average molecular weight is 273 g/mol. The van der Waals surface area contributed by atoms with Crippen molar-refractivity contribution in [1.29, 1.82) is 0 Å². The molecular formula is C13H27N3O3. The lowest BCUT2D eigenvalue weighted by Gasteiger charge is -2.24. The summed E-state index contributed by atoms with van der Waals surface area (Å²) >= 11 is 0. The van der Waals surface area contributed by atoms with Crippen LogP contribution in [0.4, 0.5) is 4.79 Å². The van der Waals surface area contributed by atoms with Crippen LogP contribution in [0.15, 0.2) is 0 Å². The molecule has 0 heterocycles. The Balaban J connectivity index is 4.20. The second-order valence-corrected chi connectivity index (χ2v) is 4.93. The summed E-state index contributed by atoms with van der Waals surface area (Å²) in [7, 11) is 0. The van der Waals surface area contributed by atoms with Crippen LogP contribution >= 0.6 is 0 Å². The number of aliphatic carboxylic acids is 1. The van der Waals surface area contributed by atoms with Crippen molar-refractivity contribution in [2.24, 2.45) is 5.92 Å². The fraction of sp³-hybridized carbons (Fsp3) is 0.846. The number of carbonyl (C=O) groups is 2. The molecule has 0 aromatic rings. The molecule has 0 radical (unpaired) electrons. The highest BCUT2D eigenvalue weighted by molar-refractivity contribution is 5.80. The molecule has 19 heavy (non-hydrogen) atoms. The largest absolute Gasteiger partial charge is 0.480 e. The number of carbonyl (C=O) groups excluding carboxylic acids is 1. The van der Waals surface area contributed by atoms with Gasteiger partial charge in [0.25, 0.3) is 0 Å². The standard InChI is InChI=1S/C13H27N3O3/c1-5-15(6-2)8-7-14-13(19)16(9-11(3)4)10-12(17)18/h11H,5-10H2,1-4H3,(H,14,19)(H,17,18). The minimum absolute atomic E-state index is 0.243. The van der Waals surface area contributed by atoms with E-state index in [1.165, 1.54) is 4.90 Å². The summed E-state index contributed by atoms with van der Waals surface area (Å²) < 4.78 is 0. The molecule has 112 valence electrons. The number of carboxylic acid groups (broad SMARTS) is 1. The summed E-state index contributed by atoms with van der Waals surface area (Å²) in [4.78, 5) is 26.2. The Morgan fingerprint density at radius 2 is 1.79 bits per heavy atom. The molecular weight excluding hydrogens is 246 g/mol. The van der Waals surface area contributed by atoms with Crippen LogP contribution in [-0.2, 0) is 4.79 Å². The molecule has 0 bridgehead atoms. The van der Waals surface area contributed by atoms with Crippen molar-refractivity contribution >= 4 is 12.0 Å². The van der Waals surface area contributed by atoms with Gasteiger partial charge in [0.2, 0.25) is 0 Å². The Labute approximate surface area is 115 Å². The van der Waals surface area contributed by atoms with Crippen molar-refractivity contribution in [3.05, 3.63) is 0 Å². The summed E-state index contributed by atoms with van der Waals surface area (Å²) in [6, 6.07) is -0.303. The van der Waals surface area contributed by atoms with Crippen LogP contribution < -0.4 is 5.32 Å². The van der Waals surface area contributed by atoms with Gasteiger partial charge < -0.3 is 20.2 Å². The lowest BCUT2D eigenvalue weighted by molar-refractivity contribution is -0.137. The van der Waals surface area contributed by atoms with E-state index in [0.29, 0.717) is 13.1 Å². The summed E-state index contributed by atoms with van der Waals surface area (Å²) in [6.45, 7) is 11.4. The van der Waals surface area contributed by atoms with Crippen molar-refractivity contribution in [3.8, 4) is 0 Å². The van der Waals surface area contributed by atoms with E-state index < -0.39 is 5.97 Å².